The van der Waals surface area contributed by atoms with Crippen LogP contribution in [0.3, 0.4) is 0 Å². The monoisotopic (exact) mass is 406 g/mol. The third-order valence-electron chi connectivity index (χ3n) is 5.14. The first kappa shape index (κ1) is 23.2. The van der Waals surface area contributed by atoms with Crippen LogP contribution < -0.4 is 0 Å². The van der Waals surface area contributed by atoms with E-state index in [1.807, 2.05) is 63.2 Å². The Morgan fingerprint density at radius 3 is 2.33 bits per heavy atom. The molecule has 0 aliphatic carbocycles. The predicted molar refractivity (Wildman–Crippen MR) is 117 cm³/mol. The molecule has 0 heterocycles. The molecule has 30 heavy (non-hydrogen) atoms. The molecule has 0 aliphatic rings. The first-order valence-electron chi connectivity index (χ1n) is 10.4. The molecule has 0 N–H and O–H groups in total. The Hall–Kier alpha value is -3.13. The zero-order valence-electron chi connectivity index (χ0n) is 18.2. The van der Waals surface area contributed by atoms with Gasteiger partial charge in [-0.1, -0.05) is 69.7 Å². The van der Waals surface area contributed by atoms with Crippen LogP contribution >= 0.6 is 0 Å². The van der Waals surface area contributed by atoms with E-state index in [0.717, 1.165) is 29.5 Å². The molecule has 2 aromatic rings. The molecule has 1 amide bonds. The lowest BCUT2D eigenvalue weighted by Gasteiger charge is -2.32. The van der Waals surface area contributed by atoms with Crippen LogP contribution in [0.15, 0.2) is 48.5 Å². The molecule has 5 nitrogen and oxygen atoms in total. The molecule has 0 aromatic heterocycles. The Morgan fingerprint density at radius 1 is 1.10 bits per heavy atom. The zero-order valence-corrected chi connectivity index (χ0v) is 18.2. The quantitative estimate of drug-likeness (QED) is 0.553. The van der Waals surface area contributed by atoms with Crippen LogP contribution in [0.2, 0.25) is 0 Å². The molecule has 1 unspecified atom stereocenters. The van der Waals surface area contributed by atoms with Crippen LogP contribution in [0.25, 0.3) is 11.1 Å². The van der Waals surface area contributed by atoms with Gasteiger partial charge in [0.05, 0.1) is 18.7 Å². The molecule has 0 radical (unpaired) electrons. The van der Waals surface area contributed by atoms with E-state index < -0.39 is 12.0 Å². The molecule has 0 fully saturated rings. The van der Waals surface area contributed by atoms with Crippen molar-refractivity contribution in [2.75, 3.05) is 7.11 Å². The SMILES string of the molecule is CCCCC(=O)N(Cc1ccc(-c2ccccc2C#N)cc1)C(C(=O)OC)C(C)C. The Balaban J connectivity index is 2.31. The molecule has 0 aliphatic heterocycles. The number of nitrogens with zero attached hydrogens (tertiary/aromatic N) is 2. The first-order chi connectivity index (χ1) is 14.4. The van der Waals surface area contributed by atoms with Crippen LogP contribution in [-0.2, 0) is 20.9 Å². The smallest absolute Gasteiger partial charge is 0.328 e. The van der Waals surface area contributed by atoms with E-state index in [1.165, 1.54) is 7.11 Å². The fourth-order valence-corrected chi connectivity index (χ4v) is 3.51. The molecular weight excluding hydrogens is 376 g/mol. The standard InChI is InChI=1S/C25H30N2O3/c1-5-6-11-23(28)27(24(18(2)3)25(29)30-4)17-19-12-14-20(15-13-19)22-10-8-7-9-21(22)16-26/h7-10,12-15,18,24H,5-6,11,17H2,1-4H3. The van der Waals surface area contributed by atoms with Crippen molar-refractivity contribution in [3.05, 3.63) is 59.7 Å². The minimum Gasteiger partial charge on any atom is -0.467 e. The lowest BCUT2D eigenvalue weighted by atomic mass is 9.98. The number of carbonyl (C=O) groups excluding carboxylic acids is 2. The summed E-state index contributed by atoms with van der Waals surface area (Å²) >= 11 is 0. The molecule has 158 valence electrons. The third kappa shape index (κ3) is 5.70. The number of unbranched alkanes of at least 4 members (excludes halogenated alkanes) is 1. The Labute approximate surface area is 179 Å². The van der Waals surface area contributed by atoms with E-state index >= 15 is 0 Å². The van der Waals surface area contributed by atoms with Crippen LogP contribution in [0.4, 0.5) is 0 Å². The number of rotatable bonds is 9. The van der Waals surface area contributed by atoms with Crippen molar-refractivity contribution in [2.24, 2.45) is 5.92 Å². The van der Waals surface area contributed by atoms with Crippen LogP contribution in [-0.4, -0.2) is 29.9 Å². The summed E-state index contributed by atoms with van der Waals surface area (Å²) in [5.41, 5.74) is 3.35. The van der Waals surface area contributed by atoms with Crippen molar-refractivity contribution in [1.82, 2.24) is 4.90 Å². The number of ether oxygens (including phenoxy) is 1. The van der Waals surface area contributed by atoms with Gasteiger partial charge in [0.2, 0.25) is 5.91 Å². The van der Waals surface area contributed by atoms with E-state index in [2.05, 4.69) is 6.07 Å². The number of methoxy groups -OCH3 is 1. The van der Waals surface area contributed by atoms with Gasteiger partial charge in [0.1, 0.15) is 6.04 Å². The summed E-state index contributed by atoms with van der Waals surface area (Å²) in [6, 6.07) is 16.8. The van der Waals surface area contributed by atoms with Gasteiger partial charge in [0.25, 0.3) is 0 Å². The minimum absolute atomic E-state index is 0.0418. The van der Waals surface area contributed by atoms with Crippen molar-refractivity contribution in [3.63, 3.8) is 0 Å². The normalized spacial score (nSPS) is 11.6. The van der Waals surface area contributed by atoms with Crippen LogP contribution in [0, 0.1) is 17.2 Å². The van der Waals surface area contributed by atoms with Crippen molar-refractivity contribution in [1.29, 1.82) is 5.26 Å². The predicted octanol–water partition coefficient (Wildman–Crippen LogP) is 4.94. The second-order valence-electron chi connectivity index (χ2n) is 7.69. The van der Waals surface area contributed by atoms with E-state index in [1.54, 1.807) is 11.0 Å². The molecular formula is C25H30N2O3. The Kier molecular flexibility index (Phi) is 8.61. The van der Waals surface area contributed by atoms with Crippen molar-refractivity contribution < 1.29 is 14.3 Å². The number of benzene rings is 2. The number of carbonyl (C=O) groups is 2. The first-order valence-corrected chi connectivity index (χ1v) is 10.4. The summed E-state index contributed by atoms with van der Waals surface area (Å²) in [6.45, 7) is 6.21. The van der Waals surface area contributed by atoms with Crippen molar-refractivity contribution >= 4 is 11.9 Å². The molecule has 0 bridgehead atoms. The average Bonchev–Trinajstić information content (AvgIpc) is 2.77. The highest BCUT2D eigenvalue weighted by molar-refractivity contribution is 5.84. The van der Waals surface area contributed by atoms with Gasteiger partial charge in [-0.2, -0.15) is 5.26 Å². The van der Waals surface area contributed by atoms with E-state index in [4.69, 9.17) is 4.74 Å². The van der Waals surface area contributed by atoms with Gasteiger partial charge in [0.15, 0.2) is 0 Å². The molecule has 2 aromatic carbocycles. The maximum absolute atomic E-state index is 12.9. The highest BCUT2D eigenvalue weighted by Gasteiger charge is 2.33. The summed E-state index contributed by atoms with van der Waals surface area (Å²) in [5.74, 6) is -0.501. The second-order valence-corrected chi connectivity index (χ2v) is 7.69. The van der Waals surface area contributed by atoms with Gasteiger partial charge >= 0.3 is 5.97 Å². The van der Waals surface area contributed by atoms with Gasteiger partial charge in [-0.05, 0) is 35.1 Å². The highest BCUT2D eigenvalue weighted by Crippen LogP contribution is 2.25. The topological polar surface area (TPSA) is 70.4 Å². The van der Waals surface area contributed by atoms with Crippen LogP contribution in [0.1, 0.15) is 51.2 Å². The summed E-state index contributed by atoms with van der Waals surface area (Å²) in [6.07, 6.45) is 2.10. The number of esters is 1. The number of hydrogen-bond donors (Lipinski definition) is 0. The molecule has 0 saturated heterocycles. The van der Waals surface area contributed by atoms with Gasteiger partial charge in [0, 0.05) is 13.0 Å². The summed E-state index contributed by atoms with van der Waals surface area (Å²) in [5, 5.41) is 9.34. The molecule has 2 rings (SSSR count). The number of nitriles is 1. The van der Waals surface area contributed by atoms with Gasteiger partial charge < -0.3 is 9.64 Å². The van der Waals surface area contributed by atoms with Gasteiger partial charge in [-0.3, -0.25) is 4.79 Å². The summed E-state index contributed by atoms with van der Waals surface area (Å²) in [4.78, 5) is 27.0. The maximum Gasteiger partial charge on any atom is 0.328 e. The molecule has 0 spiro atoms. The fourth-order valence-electron chi connectivity index (χ4n) is 3.51. The Bertz CT molecular complexity index is 897. The van der Waals surface area contributed by atoms with Crippen molar-refractivity contribution in [2.45, 2.75) is 52.6 Å². The lowest BCUT2D eigenvalue weighted by Crippen LogP contribution is -2.48. The molecule has 0 saturated carbocycles. The lowest BCUT2D eigenvalue weighted by molar-refractivity contribution is -0.155. The molecule has 5 heteroatoms. The van der Waals surface area contributed by atoms with Crippen molar-refractivity contribution in [3.8, 4) is 17.2 Å². The maximum atomic E-state index is 12.9. The van der Waals surface area contributed by atoms with Gasteiger partial charge in [-0.15, -0.1) is 0 Å². The van der Waals surface area contributed by atoms with Crippen LogP contribution in [0.5, 0.6) is 0 Å². The van der Waals surface area contributed by atoms with E-state index in [0.29, 0.717) is 18.5 Å². The third-order valence-corrected chi connectivity index (χ3v) is 5.14. The average molecular weight is 407 g/mol. The van der Waals surface area contributed by atoms with E-state index in [9.17, 15) is 14.9 Å². The number of hydrogen-bond acceptors (Lipinski definition) is 4. The minimum atomic E-state index is -0.627. The second kappa shape index (κ2) is 11.2. The van der Waals surface area contributed by atoms with E-state index in [-0.39, 0.29) is 11.8 Å². The van der Waals surface area contributed by atoms with Gasteiger partial charge in [-0.25, -0.2) is 4.79 Å². The molecule has 1 atom stereocenters. The zero-order chi connectivity index (χ0) is 22.1. The summed E-state index contributed by atoms with van der Waals surface area (Å²) < 4.78 is 4.99. The summed E-state index contributed by atoms with van der Waals surface area (Å²) in [7, 11) is 1.36. The largest absolute Gasteiger partial charge is 0.467 e. The number of amides is 1. The Morgan fingerprint density at radius 2 is 1.77 bits per heavy atom. The highest BCUT2D eigenvalue weighted by atomic mass is 16.5. The fraction of sp³-hybridized carbons (Fsp3) is 0.400.